The SMILES string of the molecule is CN=C(C(=O)NC)c1cc(C)c(C)cc1COc1csc(SC)n1. The van der Waals surface area contributed by atoms with Crippen molar-refractivity contribution in [1.29, 1.82) is 0 Å². The third kappa shape index (κ3) is 4.15. The summed E-state index contributed by atoms with van der Waals surface area (Å²) >= 11 is 3.14. The molecule has 0 bridgehead atoms. The Labute approximate surface area is 150 Å². The Morgan fingerprint density at radius 1 is 1.38 bits per heavy atom. The van der Waals surface area contributed by atoms with Crippen LogP contribution in [0.1, 0.15) is 22.3 Å². The van der Waals surface area contributed by atoms with Gasteiger partial charge in [-0.05, 0) is 42.9 Å². The average Bonchev–Trinajstić information content (AvgIpc) is 3.05. The lowest BCUT2D eigenvalue weighted by Gasteiger charge is -2.14. The van der Waals surface area contributed by atoms with Crippen molar-refractivity contribution in [2.24, 2.45) is 4.99 Å². The van der Waals surface area contributed by atoms with E-state index in [0.29, 0.717) is 18.2 Å². The van der Waals surface area contributed by atoms with Gasteiger partial charge in [0.1, 0.15) is 12.3 Å². The van der Waals surface area contributed by atoms with E-state index in [0.717, 1.165) is 26.6 Å². The number of aryl methyl sites for hydroxylation is 2. The number of rotatable bonds is 6. The molecular formula is C17H21N3O2S2. The van der Waals surface area contributed by atoms with E-state index < -0.39 is 0 Å². The van der Waals surface area contributed by atoms with Crippen LogP contribution in [0, 0.1) is 13.8 Å². The number of likely N-dealkylation sites (N-methyl/N-ethyl adjacent to an activating group) is 1. The molecule has 2 rings (SSSR count). The molecule has 0 atom stereocenters. The minimum atomic E-state index is -0.208. The van der Waals surface area contributed by atoms with Crippen LogP contribution < -0.4 is 10.1 Å². The lowest BCUT2D eigenvalue weighted by Crippen LogP contribution is -2.29. The van der Waals surface area contributed by atoms with Gasteiger partial charge in [-0.2, -0.15) is 4.98 Å². The predicted molar refractivity (Wildman–Crippen MR) is 101 cm³/mol. The van der Waals surface area contributed by atoms with E-state index >= 15 is 0 Å². The highest BCUT2D eigenvalue weighted by Gasteiger charge is 2.17. The van der Waals surface area contributed by atoms with Gasteiger partial charge in [0.05, 0.1) is 5.38 Å². The molecule has 128 valence electrons. The molecule has 1 N–H and O–H groups in total. The molecule has 0 aliphatic heterocycles. The topological polar surface area (TPSA) is 63.6 Å². The molecule has 0 radical (unpaired) electrons. The lowest BCUT2D eigenvalue weighted by molar-refractivity contribution is -0.114. The van der Waals surface area contributed by atoms with Crippen molar-refractivity contribution in [3.05, 3.63) is 39.8 Å². The van der Waals surface area contributed by atoms with Crippen LogP contribution in [0.3, 0.4) is 0 Å². The zero-order chi connectivity index (χ0) is 17.7. The molecule has 2 aromatic rings. The molecule has 1 heterocycles. The van der Waals surface area contributed by atoms with Crippen LogP contribution in [0.15, 0.2) is 26.8 Å². The molecule has 1 aromatic heterocycles. The first-order valence-corrected chi connectivity index (χ1v) is 9.52. The zero-order valence-electron chi connectivity index (χ0n) is 14.5. The number of benzene rings is 1. The highest BCUT2D eigenvalue weighted by atomic mass is 32.2. The molecule has 7 heteroatoms. The summed E-state index contributed by atoms with van der Waals surface area (Å²) in [5.74, 6) is 0.392. The minimum Gasteiger partial charge on any atom is -0.472 e. The van der Waals surface area contributed by atoms with Gasteiger partial charge in [0.25, 0.3) is 5.91 Å². The van der Waals surface area contributed by atoms with Gasteiger partial charge in [0.2, 0.25) is 5.88 Å². The van der Waals surface area contributed by atoms with Gasteiger partial charge in [0.15, 0.2) is 4.34 Å². The lowest BCUT2D eigenvalue weighted by atomic mass is 9.96. The summed E-state index contributed by atoms with van der Waals surface area (Å²) in [6, 6.07) is 4.03. The first kappa shape index (κ1) is 18.5. The van der Waals surface area contributed by atoms with Crippen molar-refractivity contribution < 1.29 is 9.53 Å². The third-order valence-corrected chi connectivity index (χ3v) is 5.49. The maximum Gasteiger partial charge on any atom is 0.269 e. The van der Waals surface area contributed by atoms with Gasteiger partial charge < -0.3 is 10.1 Å². The molecule has 0 saturated carbocycles. The number of hydrogen-bond donors (Lipinski definition) is 1. The van der Waals surface area contributed by atoms with E-state index in [1.165, 1.54) is 0 Å². The second kappa shape index (κ2) is 8.30. The maximum absolute atomic E-state index is 12.1. The standard InChI is InChI=1S/C17H21N3O2S2/c1-10-6-12(8-22-14-9-24-17(20-14)23-5)13(7-11(10)2)15(18-3)16(21)19-4/h6-7,9H,8H2,1-5H3,(H,19,21). The normalized spacial score (nSPS) is 11.5. The van der Waals surface area contributed by atoms with Crippen molar-refractivity contribution in [3.8, 4) is 5.88 Å². The second-order valence-corrected chi connectivity index (χ2v) is 7.10. The first-order chi connectivity index (χ1) is 11.5. The molecule has 1 aromatic carbocycles. The molecule has 0 aliphatic carbocycles. The summed E-state index contributed by atoms with van der Waals surface area (Å²) in [6.45, 7) is 4.40. The van der Waals surface area contributed by atoms with Crippen LogP contribution >= 0.6 is 23.1 Å². The fourth-order valence-electron chi connectivity index (χ4n) is 2.23. The Kier molecular flexibility index (Phi) is 6.39. The smallest absolute Gasteiger partial charge is 0.269 e. The largest absolute Gasteiger partial charge is 0.472 e. The second-order valence-electron chi connectivity index (χ2n) is 5.19. The van der Waals surface area contributed by atoms with Gasteiger partial charge >= 0.3 is 0 Å². The number of carbonyl (C=O) groups is 1. The fourth-order valence-corrected chi connectivity index (χ4v) is 3.41. The number of carbonyl (C=O) groups excluding carboxylic acids is 1. The molecule has 5 nitrogen and oxygen atoms in total. The summed E-state index contributed by atoms with van der Waals surface area (Å²) in [6.07, 6.45) is 1.98. The van der Waals surface area contributed by atoms with Crippen molar-refractivity contribution in [2.45, 2.75) is 24.8 Å². The van der Waals surface area contributed by atoms with Gasteiger partial charge in [-0.1, -0.05) is 17.8 Å². The van der Waals surface area contributed by atoms with Crippen LogP contribution in [0.4, 0.5) is 0 Å². The number of thiazole rings is 1. The average molecular weight is 364 g/mol. The summed E-state index contributed by atoms with van der Waals surface area (Å²) in [4.78, 5) is 20.7. The molecule has 0 unspecified atom stereocenters. The predicted octanol–water partition coefficient (Wildman–Crippen LogP) is 3.23. The van der Waals surface area contributed by atoms with Crippen molar-refractivity contribution in [3.63, 3.8) is 0 Å². The zero-order valence-corrected chi connectivity index (χ0v) is 16.1. The summed E-state index contributed by atoms with van der Waals surface area (Å²) in [7, 11) is 3.22. The number of aromatic nitrogens is 1. The Balaban J connectivity index is 2.33. The van der Waals surface area contributed by atoms with E-state index in [2.05, 4.69) is 15.3 Å². The van der Waals surface area contributed by atoms with Crippen LogP contribution in [-0.4, -0.2) is 37.0 Å². The number of ether oxygens (including phenoxy) is 1. The van der Waals surface area contributed by atoms with Gasteiger partial charge in [-0.25, -0.2) is 0 Å². The number of hydrogen-bond acceptors (Lipinski definition) is 6. The van der Waals surface area contributed by atoms with Crippen LogP contribution in [-0.2, 0) is 11.4 Å². The molecule has 0 saturated heterocycles. The quantitative estimate of drug-likeness (QED) is 0.632. The van der Waals surface area contributed by atoms with E-state index in [4.69, 9.17) is 4.74 Å². The molecular weight excluding hydrogens is 342 g/mol. The van der Waals surface area contributed by atoms with Crippen LogP contribution in [0.25, 0.3) is 0 Å². The number of nitrogens with one attached hydrogen (secondary N) is 1. The van der Waals surface area contributed by atoms with E-state index in [-0.39, 0.29) is 5.91 Å². The highest BCUT2D eigenvalue weighted by molar-refractivity contribution is 8.00. The number of amides is 1. The van der Waals surface area contributed by atoms with E-state index in [9.17, 15) is 4.79 Å². The van der Waals surface area contributed by atoms with E-state index in [1.807, 2.05) is 37.6 Å². The summed E-state index contributed by atoms with van der Waals surface area (Å²) in [5, 5.41) is 4.53. The van der Waals surface area contributed by atoms with Gasteiger partial charge in [-0.15, -0.1) is 11.3 Å². The Morgan fingerprint density at radius 3 is 2.67 bits per heavy atom. The minimum absolute atomic E-state index is 0.208. The Morgan fingerprint density at radius 2 is 2.08 bits per heavy atom. The molecule has 0 aliphatic rings. The third-order valence-electron chi connectivity index (χ3n) is 3.65. The molecule has 24 heavy (non-hydrogen) atoms. The number of thioether (sulfide) groups is 1. The maximum atomic E-state index is 12.1. The van der Waals surface area contributed by atoms with E-state index in [1.54, 1.807) is 37.2 Å². The number of aliphatic imine (C=N–C) groups is 1. The van der Waals surface area contributed by atoms with Crippen LogP contribution in [0.2, 0.25) is 0 Å². The Hall–Kier alpha value is -1.86. The molecule has 0 spiro atoms. The number of nitrogens with zero attached hydrogens (tertiary/aromatic N) is 2. The van der Waals surface area contributed by atoms with Crippen molar-refractivity contribution >= 4 is 34.7 Å². The van der Waals surface area contributed by atoms with Crippen LogP contribution in [0.5, 0.6) is 5.88 Å². The first-order valence-electron chi connectivity index (χ1n) is 7.41. The fraction of sp³-hybridized carbons (Fsp3) is 0.353. The van der Waals surface area contributed by atoms with Gasteiger partial charge in [-0.3, -0.25) is 9.79 Å². The molecule has 1 amide bonds. The Bertz CT molecular complexity index is 769. The molecule has 0 fully saturated rings. The van der Waals surface area contributed by atoms with Gasteiger partial charge in [0, 0.05) is 19.7 Å². The summed E-state index contributed by atoms with van der Waals surface area (Å²) in [5.41, 5.74) is 4.37. The monoisotopic (exact) mass is 363 g/mol. The summed E-state index contributed by atoms with van der Waals surface area (Å²) < 4.78 is 6.78. The van der Waals surface area contributed by atoms with Crippen molar-refractivity contribution in [2.75, 3.05) is 20.4 Å². The highest BCUT2D eigenvalue weighted by Crippen LogP contribution is 2.25. The van der Waals surface area contributed by atoms with Crippen molar-refractivity contribution in [1.82, 2.24) is 10.3 Å².